The molecule has 0 spiro atoms. The molecule has 1 heterocycles. The van der Waals surface area contributed by atoms with Gasteiger partial charge in [0.1, 0.15) is 5.75 Å². The van der Waals surface area contributed by atoms with Crippen LogP contribution < -0.4 is 4.74 Å². The van der Waals surface area contributed by atoms with E-state index >= 15 is 0 Å². The second-order valence-electron chi connectivity index (χ2n) is 4.95. The maximum Gasteiger partial charge on any atom is 0.137 e. The van der Waals surface area contributed by atoms with E-state index in [0.717, 1.165) is 12.0 Å². The average Bonchev–Trinajstić information content (AvgIpc) is 2.51. The van der Waals surface area contributed by atoms with Gasteiger partial charge in [-0.05, 0) is 31.5 Å². The van der Waals surface area contributed by atoms with Gasteiger partial charge in [0.2, 0.25) is 0 Å². The number of nitrogens with zero attached hydrogens (tertiary/aromatic N) is 1. The minimum Gasteiger partial charge on any atom is -0.492 e. The number of hydrogen-bond acceptors (Lipinski definition) is 4. The number of aryl methyl sites for hydroxylation is 1. The summed E-state index contributed by atoms with van der Waals surface area (Å²) in [4.78, 5) is 5.30. The van der Waals surface area contributed by atoms with E-state index < -0.39 is 6.10 Å². The Morgan fingerprint density at radius 2 is 2.14 bits per heavy atom. The van der Waals surface area contributed by atoms with Crippen molar-refractivity contribution in [1.82, 2.24) is 4.98 Å². The maximum absolute atomic E-state index is 10.3. The van der Waals surface area contributed by atoms with Crippen molar-refractivity contribution in [3.05, 3.63) is 53.9 Å². The number of aliphatic hydroxyl groups is 1. The first-order valence-corrected chi connectivity index (χ1v) is 8.13. The van der Waals surface area contributed by atoms with Gasteiger partial charge in [0.25, 0.3) is 0 Å². The fraction of sp³-hybridized carbons (Fsp3) is 0.353. The van der Waals surface area contributed by atoms with Gasteiger partial charge in [-0.1, -0.05) is 24.6 Å². The molecule has 2 rings (SSSR count). The predicted molar refractivity (Wildman–Crippen MR) is 86.9 cm³/mol. The highest BCUT2D eigenvalue weighted by Crippen LogP contribution is 2.26. The van der Waals surface area contributed by atoms with E-state index in [9.17, 15) is 5.11 Å². The van der Waals surface area contributed by atoms with Crippen LogP contribution in [0.5, 0.6) is 5.75 Å². The highest BCUT2D eigenvalue weighted by Gasteiger charge is 2.10. The molecule has 0 aliphatic heterocycles. The molecule has 1 unspecified atom stereocenters. The van der Waals surface area contributed by atoms with E-state index in [2.05, 4.69) is 37.0 Å². The second kappa shape index (κ2) is 8.05. The number of ether oxygens (including phenoxy) is 1. The summed E-state index contributed by atoms with van der Waals surface area (Å²) in [6.45, 7) is 4.79. The third-order valence-corrected chi connectivity index (χ3v) is 4.06. The summed E-state index contributed by atoms with van der Waals surface area (Å²) in [7, 11) is 0. The molecule has 4 heteroatoms. The van der Waals surface area contributed by atoms with Crippen LogP contribution in [0.2, 0.25) is 0 Å². The molecule has 3 nitrogen and oxygen atoms in total. The van der Waals surface area contributed by atoms with Crippen molar-refractivity contribution in [3.63, 3.8) is 0 Å². The normalized spacial score (nSPS) is 12.1. The van der Waals surface area contributed by atoms with Crippen LogP contribution in [0.15, 0.2) is 47.6 Å². The Bertz CT molecular complexity index is 574. The zero-order chi connectivity index (χ0) is 15.1. The Hall–Kier alpha value is -1.52. The lowest BCUT2D eigenvalue weighted by molar-refractivity contribution is 0.202. The zero-order valence-corrected chi connectivity index (χ0v) is 13.3. The van der Waals surface area contributed by atoms with Gasteiger partial charge >= 0.3 is 0 Å². The highest BCUT2D eigenvalue weighted by molar-refractivity contribution is 7.99. The molecule has 0 aliphatic rings. The van der Waals surface area contributed by atoms with Crippen LogP contribution in [-0.4, -0.2) is 22.5 Å². The van der Waals surface area contributed by atoms with Gasteiger partial charge < -0.3 is 9.84 Å². The van der Waals surface area contributed by atoms with Crippen LogP contribution in [0, 0.1) is 6.92 Å². The summed E-state index contributed by atoms with van der Waals surface area (Å²) in [5, 5.41) is 10.3. The van der Waals surface area contributed by atoms with E-state index in [4.69, 9.17) is 4.74 Å². The fourth-order valence-electron chi connectivity index (χ4n) is 1.89. The zero-order valence-electron chi connectivity index (χ0n) is 12.5. The Morgan fingerprint density at radius 1 is 1.29 bits per heavy atom. The number of pyridine rings is 1. The van der Waals surface area contributed by atoms with Crippen LogP contribution in [0.4, 0.5) is 0 Å². The number of thioether (sulfide) groups is 1. The molecule has 0 amide bonds. The van der Waals surface area contributed by atoms with Gasteiger partial charge in [0.15, 0.2) is 0 Å². The Kier molecular flexibility index (Phi) is 6.08. The minimum atomic E-state index is -0.548. The standard InChI is InChI=1S/C17H21NO2S/c1-3-7-20-15-9-14(10-18-11-15)17(19)12-21-16-6-4-5-13(2)8-16/h4-6,8-11,17,19H,3,7,12H2,1-2H3. The molecule has 0 radical (unpaired) electrons. The van der Waals surface area contributed by atoms with Gasteiger partial charge in [-0.25, -0.2) is 0 Å². The van der Waals surface area contributed by atoms with Crippen molar-refractivity contribution in [2.45, 2.75) is 31.3 Å². The molecular formula is C17H21NO2S. The van der Waals surface area contributed by atoms with E-state index in [1.807, 2.05) is 12.1 Å². The molecular weight excluding hydrogens is 282 g/mol. The van der Waals surface area contributed by atoms with Crippen molar-refractivity contribution < 1.29 is 9.84 Å². The summed E-state index contributed by atoms with van der Waals surface area (Å²) in [5.41, 5.74) is 2.02. The molecule has 0 aliphatic carbocycles. The van der Waals surface area contributed by atoms with Crippen LogP contribution in [0.1, 0.15) is 30.6 Å². The molecule has 0 bridgehead atoms. The number of aromatic nitrogens is 1. The van der Waals surface area contributed by atoms with Gasteiger partial charge in [-0.2, -0.15) is 0 Å². The molecule has 0 saturated heterocycles. The van der Waals surface area contributed by atoms with Crippen LogP contribution >= 0.6 is 11.8 Å². The van der Waals surface area contributed by atoms with Crippen LogP contribution in [0.25, 0.3) is 0 Å². The lowest BCUT2D eigenvalue weighted by Gasteiger charge is -2.12. The van der Waals surface area contributed by atoms with Crippen molar-refractivity contribution in [3.8, 4) is 5.75 Å². The molecule has 2 aromatic rings. The van der Waals surface area contributed by atoms with Crippen molar-refractivity contribution in [2.75, 3.05) is 12.4 Å². The summed E-state index contributed by atoms with van der Waals surface area (Å²) in [6.07, 6.45) is 3.78. The third-order valence-electron chi connectivity index (χ3n) is 2.99. The Morgan fingerprint density at radius 3 is 2.90 bits per heavy atom. The fourth-order valence-corrected chi connectivity index (χ4v) is 2.88. The summed E-state index contributed by atoms with van der Waals surface area (Å²) in [5.74, 6) is 1.32. The van der Waals surface area contributed by atoms with E-state index in [-0.39, 0.29) is 0 Å². The smallest absolute Gasteiger partial charge is 0.137 e. The molecule has 1 atom stereocenters. The monoisotopic (exact) mass is 303 g/mol. The Balaban J connectivity index is 1.95. The van der Waals surface area contributed by atoms with Crippen LogP contribution in [0.3, 0.4) is 0 Å². The highest BCUT2D eigenvalue weighted by atomic mass is 32.2. The number of benzene rings is 1. The number of hydrogen-bond donors (Lipinski definition) is 1. The average molecular weight is 303 g/mol. The first-order valence-electron chi connectivity index (χ1n) is 7.14. The first-order chi connectivity index (χ1) is 10.2. The molecule has 1 N–H and O–H groups in total. The summed E-state index contributed by atoms with van der Waals surface area (Å²) in [6, 6.07) is 10.1. The van der Waals surface area contributed by atoms with Gasteiger partial charge in [-0.3, -0.25) is 4.98 Å². The van der Waals surface area contributed by atoms with E-state index in [1.165, 1.54) is 10.5 Å². The summed E-state index contributed by atoms with van der Waals surface area (Å²) < 4.78 is 5.54. The van der Waals surface area contributed by atoms with Crippen molar-refractivity contribution in [1.29, 1.82) is 0 Å². The number of rotatable bonds is 7. The third kappa shape index (κ3) is 5.06. The largest absolute Gasteiger partial charge is 0.492 e. The lowest BCUT2D eigenvalue weighted by Crippen LogP contribution is -2.03. The quantitative estimate of drug-likeness (QED) is 0.785. The van der Waals surface area contributed by atoms with Gasteiger partial charge in [0.05, 0.1) is 18.9 Å². The van der Waals surface area contributed by atoms with Crippen molar-refractivity contribution >= 4 is 11.8 Å². The Labute approximate surface area is 130 Å². The predicted octanol–water partition coefficient (Wildman–Crippen LogP) is 4.00. The molecule has 1 aromatic carbocycles. The van der Waals surface area contributed by atoms with E-state index in [0.29, 0.717) is 18.1 Å². The first kappa shape index (κ1) is 15.9. The van der Waals surface area contributed by atoms with Gasteiger partial charge in [-0.15, -0.1) is 11.8 Å². The molecule has 112 valence electrons. The lowest BCUT2D eigenvalue weighted by atomic mass is 10.2. The molecule has 21 heavy (non-hydrogen) atoms. The van der Waals surface area contributed by atoms with Crippen molar-refractivity contribution in [2.24, 2.45) is 0 Å². The maximum atomic E-state index is 10.3. The molecule has 0 fully saturated rings. The van der Waals surface area contributed by atoms with Crippen LogP contribution in [-0.2, 0) is 0 Å². The van der Waals surface area contributed by atoms with Gasteiger partial charge in [0, 0.05) is 22.4 Å². The number of aliphatic hydroxyl groups excluding tert-OH is 1. The minimum absolute atomic E-state index is 0.548. The van der Waals surface area contributed by atoms with E-state index in [1.54, 1.807) is 24.2 Å². The summed E-state index contributed by atoms with van der Waals surface area (Å²) >= 11 is 1.64. The topological polar surface area (TPSA) is 42.4 Å². The SMILES string of the molecule is CCCOc1cncc(C(O)CSc2cccc(C)c2)c1. The molecule has 1 aromatic heterocycles. The molecule has 0 saturated carbocycles. The second-order valence-corrected chi connectivity index (χ2v) is 6.04.